The molecule has 0 bridgehead atoms. The summed E-state index contributed by atoms with van der Waals surface area (Å²) in [6.45, 7) is 8.28. The van der Waals surface area contributed by atoms with Crippen molar-refractivity contribution >= 4 is 23.8 Å². The number of amides is 4. The molecule has 0 rings (SSSR count). The lowest BCUT2D eigenvalue weighted by molar-refractivity contribution is -0.133. The Kier molecular flexibility index (Phi) is 7.55. The third-order valence-corrected chi connectivity index (χ3v) is 2.46. The fraction of sp³-hybridized carbons (Fsp3) is 0.714. The standard InChI is InChI=1S/C14H25N3O5/c1-8(2)11(19)17-12(20)9(6-7-10(15)18)16-13(21)22-14(3,4)5/h8-9H,6-7H2,1-5H3,(H2,15,18)(H,16,21)(H,17,19,20)/t9-/m1/s1. The van der Waals surface area contributed by atoms with Gasteiger partial charge in [0.05, 0.1) is 0 Å². The molecular weight excluding hydrogens is 290 g/mol. The van der Waals surface area contributed by atoms with Crippen LogP contribution in [0.5, 0.6) is 0 Å². The molecule has 0 saturated heterocycles. The lowest BCUT2D eigenvalue weighted by Crippen LogP contribution is -2.50. The molecule has 0 radical (unpaired) electrons. The van der Waals surface area contributed by atoms with Crippen LogP contribution in [-0.4, -0.2) is 35.5 Å². The van der Waals surface area contributed by atoms with Crippen LogP contribution in [0, 0.1) is 5.92 Å². The van der Waals surface area contributed by atoms with Gasteiger partial charge < -0.3 is 15.8 Å². The summed E-state index contributed by atoms with van der Waals surface area (Å²) in [5.74, 6) is -2.17. The first-order valence-electron chi connectivity index (χ1n) is 7.05. The number of nitrogens with two attached hydrogens (primary N) is 1. The van der Waals surface area contributed by atoms with Crippen molar-refractivity contribution in [3.05, 3.63) is 0 Å². The van der Waals surface area contributed by atoms with Crippen molar-refractivity contribution in [3.63, 3.8) is 0 Å². The molecule has 0 spiro atoms. The molecule has 8 heteroatoms. The van der Waals surface area contributed by atoms with Gasteiger partial charge in [0.1, 0.15) is 11.6 Å². The Morgan fingerprint density at radius 2 is 1.64 bits per heavy atom. The molecule has 0 aliphatic rings. The zero-order valence-electron chi connectivity index (χ0n) is 13.7. The van der Waals surface area contributed by atoms with E-state index in [2.05, 4.69) is 10.6 Å². The predicted molar refractivity (Wildman–Crippen MR) is 79.6 cm³/mol. The van der Waals surface area contributed by atoms with Crippen LogP contribution in [0.3, 0.4) is 0 Å². The maximum Gasteiger partial charge on any atom is 0.408 e. The molecule has 0 unspecified atom stereocenters. The Morgan fingerprint density at radius 1 is 1.09 bits per heavy atom. The highest BCUT2D eigenvalue weighted by molar-refractivity contribution is 5.99. The topological polar surface area (TPSA) is 128 Å². The van der Waals surface area contributed by atoms with Gasteiger partial charge in [-0.1, -0.05) is 13.8 Å². The average molecular weight is 315 g/mol. The molecule has 0 saturated carbocycles. The summed E-state index contributed by atoms with van der Waals surface area (Å²) in [7, 11) is 0. The maximum atomic E-state index is 12.0. The summed E-state index contributed by atoms with van der Waals surface area (Å²) in [4.78, 5) is 46.1. The van der Waals surface area contributed by atoms with E-state index in [0.717, 1.165) is 0 Å². The number of hydrogen-bond acceptors (Lipinski definition) is 5. The molecule has 4 amide bonds. The minimum Gasteiger partial charge on any atom is -0.444 e. The van der Waals surface area contributed by atoms with Gasteiger partial charge in [-0.25, -0.2) is 4.79 Å². The van der Waals surface area contributed by atoms with Gasteiger partial charge in [-0.2, -0.15) is 0 Å². The first kappa shape index (κ1) is 19.9. The van der Waals surface area contributed by atoms with E-state index in [4.69, 9.17) is 10.5 Å². The zero-order valence-corrected chi connectivity index (χ0v) is 13.7. The van der Waals surface area contributed by atoms with Crippen LogP contribution in [0.2, 0.25) is 0 Å². The van der Waals surface area contributed by atoms with Crippen LogP contribution in [0.4, 0.5) is 4.79 Å². The van der Waals surface area contributed by atoms with Gasteiger partial charge in [-0.3, -0.25) is 19.7 Å². The van der Waals surface area contributed by atoms with Crippen molar-refractivity contribution in [3.8, 4) is 0 Å². The summed E-state index contributed by atoms with van der Waals surface area (Å²) >= 11 is 0. The number of carbonyl (C=O) groups excluding carboxylic acids is 4. The van der Waals surface area contributed by atoms with Crippen LogP contribution in [-0.2, 0) is 19.1 Å². The molecule has 8 nitrogen and oxygen atoms in total. The Balaban J connectivity index is 4.81. The molecular formula is C14H25N3O5. The Hall–Kier alpha value is -2.12. The van der Waals surface area contributed by atoms with Crippen molar-refractivity contribution in [1.29, 1.82) is 0 Å². The molecule has 0 aromatic rings. The fourth-order valence-corrected chi connectivity index (χ4v) is 1.36. The second-order valence-corrected chi connectivity index (χ2v) is 6.21. The lowest BCUT2D eigenvalue weighted by atomic mass is 10.1. The highest BCUT2D eigenvalue weighted by atomic mass is 16.6. The summed E-state index contributed by atoms with van der Waals surface area (Å²) < 4.78 is 5.05. The van der Waals surface area contributed by atoms with Crippen molar-refractivity contribution in [2.75, 3.05) is 0 Å². The van der Waals surface area contributed by atoms with Crippen LogP contribution in [0.25, 0.3) is 0 Å². The molecule has 0 fully saturated rings. The van der Waals surface area contributed by atoms with Gasteiger partial charge in [0, 0.05) is 12.3 Å². The van der Waals surface area contributed by atoms with Crippen LogP contribution >= 0.6 is 0 Å². The van der Waals surface area contributed by atoms with Crippen molar-refractivity contribution in [2.45, 2.75) is 59.1 Å². The Labute approximate surface area is 130 Å². The van der Waals surface area contributed by atoms with E-state index >= 15 is 0 Å². The molecule has 126 valence electrons. The number of alkyl carbamates (subject to hydrolysis) is 1. The third kappa shape index (κ3) is 8.93. The van der Waals surface area contributed by atoms with Gasteiger partial charge in [-0.15, -0.1) is 0 Å². The summed E-state index contributed by atoms with van der Waals surface area (Å²) in [6, 6.07) is -1.08. The average Bonchev–Trinajstić information content (AvgIpc) is 2.31. The van der Waals surface area contributed by atoms with E-state index in [-0.39, 0.29) is 18.8 Å². The van der Waals surface area contributed by atoms with Gasteiger partial charge in [0.2, 0.25) is 17.7 Å². The van der Waals surface area contributed by atoms with Gasteiger partial charge in [-0.05, 0) is 27.2 Å². The number of hydrogen-bond donors (Lipinski definition) is 3. The minimum absolute atomic E-state index is 0.0220. The van der Waals surface area contributed by atoms with Gasteiger partial charge in [0.15, 0.2) is 0 Å². The predicted octanol–water partition coefficient (Wildman–Crippen LogP) is 0.444. The summed E-state index contributed by atoms with van der Waals surface area (Å²) in [5, 5.41) is 4.51. The second-order valence-electron chi connectivity index (χ2n) is 6.21. The lowest BCUT2D eigenvalue weighted by Gasteiger charge is -2.23. The summed E-state index contributed by atoms with van der Waals surface area (Å²) in [6.07, 6.45) is -0.940. The molecule has 4 N–H and O–H groups in total. The number of carbonyl (C=O) groups is 4. The largest absolute Gasteiger partial charge is 0.444 e. The minimum atomic E-state index is -1.08. The van der Waals surface area contributed by atoms with Crippen molar-refractivity contribution in [1.82, 2.24) is 10.6 Å². The molecule has 0 aromatic carbocycles. The molecule has 0 aliphatic carbocycles. The van der Waals surface area contributed by atoms with E-state index in [1.54, 1.807) is 34.6 Å². The number of primary amides is 1. The molecule has 0 aromatic heterocycles. The van der Waals surface area contributed by atoms with Gasteiger partial charge >= 0.3 is 6.09 Å². The normalized spacial score (nSPS) is 12.5. The Morgan fingerprint density at radius 3 is 2.05 bits per heavy atom. The first-order chi connectivity index (χ1) is 9.92. The highest BCUT2D eigenvalue weighted by Crippen LogP contribution is 2.08. The number of rotatable bonds is 6. The second kappa shape index (κ2) is 8.35. The van der Waals surface area contributed by atoms with Crippen LogP contribution < -0.4 is 16.4 Å². The SMILES string of the molecule is CC(C)C(=O)NC(=O)[C@@H](CCC(N)=O)NC(=O)OC(C)(C)C. The first-order valence-corrected chi connectivity index (χ1v) is 7.05. The highest BCUT2D eigenvalue weighted by Gasteiger charge is 2.26. The fourth-order valence-electron chi connectivity index (χ4n) is 1.36. The number of imide groups is 1. The molecule has 0 heterocycles. The van der Waals surface area contributed by atoms with Crippen molar-refractivity contribution < 1.29 is 23.9 Å². The molecule has 22 heavy (non-hydrogen) atoms. The molecule has 0 aliphatic heterocycles. The van der Waals surface area contributed by atoms with E-state index < -0.39 is 35.5 Å². The van der Waals surface area contributed by atoms with E-state index in [9.17, 15) is 19.2 Å². The monoisotopic (exact) mass is 315 g/mol. The zero-order chi connectivity index (χ0) is 17.5. The smallest absolute Gasteiger partial charge is 0.408 e. The summed E-state index contributed by atoms with van der Waals surface area (Å²) in [5.41, 5.74) is 4.31. The van der Waals surface area contributed by atoms with E-state index in [1.165, 1.54) is 0 Å². The quantitative estimate of drug-likeness (QED) is 0.655. The van der Waals surface area contributed by atoms with Crippen LogP contribution in [0.15, 0.2) is 0 Å². The van der Waals surface area contributed by atoms with E-state index in [1.807, 2.05) is 0 Å². The number of nitrogens with one attached hydrogen (secondary N) is 2. The van der Waals surface area contributed by atoms with Gasteiger partial charge in [0.25, 0.3) is 0 Å². The maximum absolute atomic E-state index is 12.0. The van der Waals surface area contributed by atoms with E-state index in [0.29, 0.717) is 0 Å². The third-order valence-electron chi connectivity index (χ3n) is 2.46. The number of ether oxygens (including phenoxy) is 1. The van der Waals surface area contributed by atoms with Crippen LogP contribution in [0.1, 0.15) is 47.5 Å². The molecule has 1 atom stereocenters. The Bertz CT molecular complexity index is 440. The van der Waals surface area contributed by atoms with Crippen molar-refractivity contribution in [2.24, 2.45) is 11.7 Å².